The molecule has 0 saturated heterocycles. The lowest BCUT2D eigenvalue weighted by atomic mass is 10.3. The fourth-order valence-electron chi connectivity index (χ4n) is 2.37. The first kappa shape index (κ1) is 20.7. The summed E-state index contributed by atoms with van der Waals surface area (Å²) in [6.07, 6.45) is 0. The average molecular weight is 419 g/mol. The van der Waals surface area contributed by atoms with Gasteiger partial charge in [0.15, 0.2) is 0 Å². The van der Waals surface area contributed by atoms with E-state index in [4.69, 9.17) is 4.74 Å². The minimum atomic E-state index is -3.81. The van der Waals surface area contributed by atoms with E-state index < -0.39 is 20.0 Å². The lowest BCUT2D eigenvalue weighted by Crippen LogP contribution is -2.31. The summed E-state index contributed by atoms with van der Waals surface area (Å²) in [6, 6.07) is 7.36. The Balaban J connectivity index is 2.49. The van der Waals surface area contributed by atoms with E-state index in [1.807, 2.05) is 0 Å². The molecule has 0 radical (unpaired) electrons. The second-order valence-corrected chi connectivity index (χ2v) is 9.98. The van der Waals surface area contributed by atoms with Gasteiger partial charge < -0.3 is 4.74 Å². The maximum atomic E-state index is 12.9. The van der Waals surface area contributed by atoms with Crippen molar-refractivity contribution in [3.63, 3.8) is 0 Å². The van der Waals surface area contributed by atoms with Crippen molar-refractivity contribution in [3.05, 3.63) is 35.7 Å². The van der Waals surface area contributed by atoms with Crippen LogP contribution in [0.15, 0.2) is 44.8 Å². The largest absolute Gasteiger partial charge is 0.492 e. The Morgan fingerprint density at radius 2 is 1.77 bits per heavy atom. The minimum Gasteiger partial charge on any atom is -0.492 e. The van der Waals surface area contributed by atoms with Crippen LogP contribution in [0.3, 0.4) is 0 Å². The van der Waals surface area contributed by atoms with Gasteiger partial charge in [-0.05, 0) is 36.6 Å². The molecule has 0 aliphatic rings. The number of nitrogens with zero attached hydrogens (tertiary/aromatic N) is 1. The lowest BCUT2D eigenvalue weighted by molar-refractivity contribution is 0.329. The molecule has 0 saturated carbocycles. The third-order valence-electron chi connectivity index (χ3n) is 3.58. The van der Waals surface area contributed by atoms with E-state index in [0.29, 0.717) is 19.7 Å². The molecule has 144 valence electrons. The van der Waals surface area contributed by atoms with E-state index in [9.17, 15) is 16.8 Å². The van der Waals surface area contributed by atoms with Crippen molar-refractivity contribution in [3.8, 4) is 5.75 Å². The minimum absolute atomic E-state index is 0.0607. The number of ether oxygens (including phenoxy) is 1. The maximum absolute atomic E-state index is 12.9. The van der Waals surface area contributed by atoms with Crippen LogP contribution < -0.4 is 9.46 Å². The molecule has 1 aromatic carbocycles. The molecule has 1 aromatic heterocycles. The van der Waals surface area contributed by atoms with Gasteiger partial charge in [0.25, 0.3) is 10.0 Å². The standard InChI is InChI=1S/C16H22N2O5S3/c1-4-18(5-2)26(21,22)15-12-13(9-10-14(15)23-6-3)17-25(19,20)16-8-7-11-24-16/h7-12,17H,4-6H2,1-3H3. The second kappa shape index (κ2) is 8.38. The Hall–Kier alpha value is -1.62. The molecule has 0 bridgehead atoms. The number of sulfonamides is 2. The van der Waals surface area contributed by atoms with Crippen LogP contribution in [0.5, 0.6) is 5.75 Å². The number of anilines is 1. The van der Waals surface area contributed by atoms with Crippen LogP contribution in [0, 0.1) is 0 Å². The van der Waals surface area contributed by atoms with Crippen molar-refractivity contribution in [1.29, 1.82) is 0 Å². The van der Waals surface area contributed by atoms with Crippen LogP contribution in [0.2, 0.25) is 0 Å². The van der Waals surface area contributed by atoms with Gasteiger partial charge in [-0.2, -0.15) is 4.31 Å². The molecule has 10 heteroatoms. The van der Waals surface area contributed by atoms with Crippen LogP contribution in [-0.4, -0.2) is 40.8 Å². The van der Waals surface area contributed by atoms with E-state index in [2.05, 4.69) is 4.72 Å². The van der Waals surface area contributed by atoms with Gasteiger partial charge >= 0.3 is 0 Å². The quantitative estimate of drug-likeness (QED) is 0.676. The molecule has 0 aliphatic carbocycles. The zero-order valence-electron chi connectivity index (χ0n) is 14.8. The smallest absolute Gasteiger partial charge is 0.271 e. The Labute approximate surface area is 158 Å². The summed E-state index contributed by atoms with van der Waals surface area (Å²) in [5.74, 6) is 0.193. The molecular formula is C16H22N2O5S3. The van der Waals surface area contributed by atoms with Crippen LogP contribution >= 0.6 is 11.3 Å². The normalized spacial score (nSPS) is 12.3. The first-order chi connectivity index (χ1) is 12.3. The zero-order chi connectivity index (χ0) is 19.4. The summed E-state index contributed by atoms with van der Waals surface area (Å²) >= 11 is 1.08. The molecule has 2 rings (SSSR count). The SMILES string of the molecule is CCOc1ccc(NS(=O)(=O)c2cccs2)cc1S(=O)(=O)N(CC)CC. The van der Waals surface area contributed by atoms with Gasteiger partial charge in [0, 0.05) is 13.1 Å². The zero-order valence-corrected chi connectivity index (χ0v) is 17.2. The highest BCUT2D eigenvalue weighted by molar-refractivity contribution is 7.94. The Kier molecular flexibility index (Phi) is 6.67. The number of thiophene rings is 1. The van der Waals surface area contributed by atoms with Crippen molar-refractivity contribution in [2.45, 2.75) is 29.9 Å². The summed E-state index contributed by atoms with van der Waals surface area (Å²) in [5, 5.41) is 1.66. The molecule has 0 unspecified atom stereocenters. The summed E-state index contributed by atoms with van der Waals surface area (Å²) in [7, 11) is -7.58. The predicted octanol–water partition coefficient (Wildman–Crippen LogP) is 2.98. The Morgan fingerprint density at radius 3 is 2.31 bits per heavy atom. The van der Waals surface area contributed by atoms with E-state index in [1.165, 1.54) is 28.6 Å². The highest BCUT2D eigenvalue weighted by atomic mass is 32.2. The molecule has 0 fully saturated rings. The maximum Gasteiger partial charge on any atom is 0.271 e. The summed E-state index contributed by atoms with van der Waals surface area (Å²) in [6.45, 7) is 6.13. The highest BCUT2D eigenvalue weighted by Gasteiger charge is 2.27. The van der Waals surface area contributed by atoms with E-state index in [-0.39, 0.29) is 20.5 Å². The monoisotopic (exact) mass is 418 g/mol. The molecule has 0 amide bonds. The summed E-state index contributed by atoms with van der Waals surface area (Å²) in [4.78, 5) is -0.0607. The molecule has 0 spiro atoms. The van der Waals surface area contributed by atoms with Crippen LogP contribution in [0.25, 0.3) is 0 Å². The predicted molar refractivity (Wildman–Crippen MR) is 103 cm³/mol. The number of hydrogen-bond acceptors (Lipinski definition) is 6. The van der Waals surface area contributed by atoms with Gasteiger partial charge in [0.05, 0.1) is 12.3 Å². The number of benzene rings is 1. The molecule has 7 nitrogen and oxygen atoms in total. The Morgan fingerprint density at radius 1 is 1.08 bits per heavy atom. The van der Waals surface area contributed by atoms with Crippen molar-refractivity contribution < 1.29 is 21.6 Å². The fourth-order valence-corrected chi connectivity index (χ4v) is 6.03. The Bertz CT molecular complexity index is 934. The van der Waals surface area contributed by atoms with E-state index in [0.717, 1.165) is 11.3 Å². The van der Waals surface area contributed by atoms with Crippen molar-refractivity contribution in [2.75, 3.05) is 24.4 Å². The number of hydrogen-bond donors (Lipinski definition) is 1. The van der Waals surface area contributed by atoms with Crippen LogP contribution in [-0.2, 0) is 20.0 Å². The number of nitrogens with one attached hydrogen (secondary N) is 1. The third-order valence-corrected chi connectivity index (χ3v) is 8.43. The molecule has 0 atom stereocenters. The second-order valence-electron chi connectivity index (χ2n) is 5.22. The van der Waals surface area contributed by atoms with Gasteiger partial charge in [0.1, 0.15) is 14.9 Å². The third kappa shape index (κ3) is 4.37. The van der Waals surface area contributed by atoms with E-state index >= 15 is 0 Å². The lowest BCUT2D eigenvalue weighted by Gasteiger charge is -2.21. The van der Waals surface area contributed by atoms with Crippen LogP contribution in [0.1, 0.15) is 20.8 Å². The van der Waals surface area contributed by atoms with Crippen molar-refractivity contribution in [2.24, 2.45) is 0 Å². The first-order valence-electron chi connectivity index (χ1n) is 8.09. The van der Waals surface area contributed by atoms with Gasteiger partial charge in [-0.3, -0.25) is 4.72 Å². The van der Waals surface area contributed by atoms with E-state index in [1.54, 1.807) is 32.2 Å². The average Bonchev–Trinajstić information content (AvgIpc) is 3.12. The molecule has 1 heterocycles. The van der Waals surface area contributed by atoms with Crippen molar-refractivity contribution >= 4 is 37.1 Å². The highest BCUT2D eigenvalue weighted by Crippen LogP contribution is 2.31. The molecule has 2 aromatic rings. The van der Waals surface area contributed by atoms with Gasteiger partial charge in [0.2, 0.25) is 10.0 Å². The topological polar surface area (TPSA) is 92.8 Å². The molecule has 1 N–H and O–H groups in total. The fraction of sp³-hybridized carbons (Fsp3) is 0.375. The molecule has 0 aliphatic heterocycles. The molecular weight excluding hydrogens is 396 g/mol. The first-order valence-corrected chi connectivity index (χ1v) is 11.9. The van der Waals surface area contributed by atoms with Gasteiger partial charge in [-0.25, -0.2) is 16.8 Å². The summed E-state index contributed by atoms with van der Waals surface area (Å²) in [5.41, 5.74) is 0.160. The molecule has 26 heavy (non-hydrogen) atoms. The summed E-state index contributed by atoms with van der Waals surface area (Å²) < 4.78 is 59.9. The van der Waals surface area contributed by atoms with Crippen LogP contribution in [0.4, 0.5) is 5.69 Å². The number of rotatable bonds is 9. The van der Waals surface area contributed by atoms with Crippen molar-refractivity contribution in [1.82, 2.24) is 4.31 Å². The van der Waals surface area contributed by atoms with Gasteiger partial charge in [-0.15, -0.1) is 11.3 Å². The van der Waals surface area contributed by atoms with Gasteiger partial charge in [-0.1, -0.05) is 19.9 Å².